The Labute approximate surface area is 147 Å². The van der Waals surface area contributed by atoms with Crippen LogP contribution in [0.3, 0.4) is 0 Å². The lowest BCUT2D eigenvalue weighted by Gasteiger charge is -2.46. The van der Waals surface area contributed by atoms with Crippen molar-refractivity contribution < 1.29 is 4.79 Å². The molecule has 0 bridgehead atoms. The lowest BCUT2D eigenvalue weighted by molar-refractivity contribution is 0.0528. The van der Waals surface area contributed by atoms with Gasteiger partial charge in [0.05, 0.1) is 10.7 Å². The molecule has 2 aromatic rings. The Bertz CT molecular complexity index is 758. The third kappa shape index (κ3) is 2.99. The third-order valence-corrected chi connectivity index (χ3v) is 5.27. The molecule has 0 atom stereocenters. The Morgan fingerprint density at radius 3 is 2.54 bits per heavy atom. The zero-order valence-electron chi connectivity index (χ0n) is 13.4. The van der Waals surface area contributed by atoms with Crippen LogP contribution in [0.25, 0.3) is 0 Å². The largest absolute Gasteiger partial charge is 0.321 e. The Kier molecular flexibility index (Phi) is 4.17. The first-order chi connectivity index (χ1) is 11.7. The summed E-state index contributed by atoms with van der Waals surface area (Å²) in [5, 5.41) is 3.45. The van der Waals surface area contributed by atoms with Crippen LogP contribution in [-0.4, -0.2) is 41.5 Å². The van der Waals surface area contributed by atoms with Crippen molar-refractivity contribution in [1.82, 2.24) is 9.80 Å². The highest BCUT2D eigenvalue weighted by Gasteiger charge is 2.36. The maximum absolute atomic E-state index is 12.3. The van der Waals surface area contributed by atoms with Crippen LogP contribution in [-0.2, 0) is 13.0 Å². The minimum absolute atomic E-state index is 0.0724. The van der Waals surface area contributed by atoms with Crippen LogP contribution in [0.2, 0.25) is 5.02 Å². The SMILES string of the molecule is O=C(Nc1ccccc1Cl)N1CC(N2CCc3ccccc3C2)C1. The molecule has 1 fully saturated rings. The van der Waals surface area contributed by atoms with Crippen LogP contribution in [0.4, 0.5) is 10.5 Å². The van der Waals surface area contributed by atoms with Gasteiger partial charge >= 0.3 is 6.03 Å². The topological polar surface area (TPSA) is 35.6 Å². The van der Waals surface area contributed by atoms with E-state index in [-0.39, 0.29) is 6.03 Å². The quantitative estimate of drug-likeness (QED) is 0.905. The van der Waals surface area contributed by atoms with Crippen molar-refractivity contribution in [3.63, 3.8) is 0 Å². The number of fused-ring (bicyclic) bond motifs is 1. The number of hydrogen-bond acceptors (Lipinski definition) is 2. The van der Waals surface area contributed by atoms with Gasteiger partial charge in [-0.25, -0.2) is 4.79 Å². The predicted molar refractivity (Wildman–Crippen MR) is 96.4 cm³/mol. The molecule has 2 aliphatic heterocycles. The van der Waals surface area contributed by atoms with Crippen molar-refractivity contribution in [3.8, 4) is 0 Å². The summed E-state index contributed by atoms with van der Waals surface area (Å²) in [6.07, 6.45) is 1.10. The normalized spacial score (nSPS) is 18.0. The van der Waals surface area contributed by atoms with Crippen molar-refractivity contribution >= 4 is 23.3 Å². The smallest absolute Gasteiger partial charge is 0.321 e. The molecule has 2 aromatic carbocycles. The number of urea groups is 1. The Balaban J connectivity index is 1.32. The highest BCUT2D eigenvalue weighted by Crippen LogP contribution is 2.26. The molecule has 1 N–H and O–H groups in total. The fraction of sp³-hybridized carbons (Fsp3) is 0.316. The summed E-state index contributed by atoms with van der Waals surface area (Å²) in [4.78, 5) is 16.6. The molecule has 4 nitrogen and oxygen atoms in total. The Hall–Kier alpha value is -2.04. The molecule has 0 unspecified atom stereocenters. The molecule has 0 saturated carbocycles. The van der Waals surface area contributed by atoms with Crippen molar-refractivity contribution in [2.24, 2.45) is 0 Å². The highest BCUT2D eigenvalue weighted by molar-refractivity contribution is 6.33. The summed E-state index contributed by atoms with van der Waals surface area (Å²) < 4.78 is 0. The van der Waals surface area contributed by atoms with E-state index in [0.717, 1.165) is 32.6 Å². The number of amides is 2. The van der Waals surface area contributed by atoms with Gasteiger partial charge in [-0.1, -0.05) is 48.0 Å². The number of carbonyl (C=O) groups excluding carboxylic acids is 1. The summed E-state index contributed by atoms with van der Waals surface area (Å²) in [6.45, 7) is 3.61. The molecule has 0 spiro atoms. The molecule has 2 aliphatic rings. The van der Waals surface area contributed by atoms with Crippen molar-refractivity contribution in [2.75, 3.05) is 25.0 Å². The van der Waals surface area contributed by atoms with E-state index in [1.165, 1.54) is 11.1 Å². The van der Waals surface area contributed by atoms with Gasteiger partial charge in [0, 0.05) is 32.2 Å². The van der Waals surface area contributed by atoms with E-state index in [0.29, 0.717) is 16.8 Å². The Morgan fingerprint density at radius 1 is 1.04 bits per heavy atom. The fourth-order valence-electron chi connectivity index (χ4n) is 3.44. The average Bonchev–Trinajstić information content (AvgIpc) is 2.55. The van der Waals surface area contributed by atoms with E-state index in [4.69, 9.17) is 11.6 Å². The number of halogens is 1. The van der Waals surface area contributed by atoms with Crippen molar-refractivity contribution in [2.45, 2.75) is 19.0 Å². The number of carbonyl (C=O) groups is 1. The maximum Gasteiger partial charge on any atom is 0.321 e. The number of rotatable bonds is 2. The number of benzene rings is 2. The van der Waals surface area contributed by atoms with E-state index in [1.54, 1.807) is 6.07 Å². The molecule has 24 heavy (non-hydrogen) atoms. The molecule has 0 aromatic heterocycles. The molecular weight excluding hydrogens is 322 g/mol. The second kappa shape index (κ2) is 6.46. The van der Waals surface area contributed by atoms with Crippen LogP contribution >= 0.6 is 11.6 Å². The summed E-state index contributed by atoms with van der Waals surface area (Å²) in [7, 11) is 0. The van der Waals surface area contributed by atoms with Crippen molar-refractivity contribution in [3.05, 3.63) is 64.7 Å². The number of para-hydroxylation sites is 1. The van der Waals surface area contributed by atoms with Gasteiger partial charge in [0.2, 0.25) is 0 Å². The molecule has 1 saturated heterocycles. The molecular formula is C19H20ClN3O. The molecule has 0 radical (unpaired) electrons. The number of nitrogens with one attached hydrogen (secondary N) is 1. The first-order valence-electron chi connectivity index (χ1n) is 8.32. The molecule has 2 heterocycles. The second-order valence-electron chi connectivity index (χ2n) is 6.46. The first-order valence-corrected chi connectivity index (χ1v) is 8.70. The van der Waals surface area contributed by atoms with Gasteiger partial charge in [-0.3, -0.25) is 4.90 Å². The minimum atomic E-state index is -0.0724. The summed E-state index contributed by atoms with van der Waals surface area (Å²) in [5.41, 5.74) is 3.55. The minimum Gasteiger partial charge on any atom is -0.321 e. The maximum atomic E-state index is 12.3. The lowest BCUT2D eigenvalue weighted by Crippen LogP contribution is -2.62. The van der Waals surface area contributed by atoms with Crippen LogP contribution in [0.15, 0.2) is 48.5 Å². The summed E-state index contributed by atoms with van der Waals surface area (Å²) in [5.74, 6) is 0. The van der Waals surface area contributed by atoms with Gasteiger partial charge in [0.15, 0.2) is 0 Å². The van der Waals surface area contributed by atoms with Crippen LogP contribution < -0.4 is 5.32 Å². The first kappa shape index (κ1) is 15.5. The number of anilines is 1. The van der Waals surface area contributed by atoms with E-state index >= 15 is 0 Å². The van der Waals surface area contributed by atoms with Gasteiger partial charge in [-0.15, -0.1) is 0 Å². The lowest BCUT2D eigenvalue weighted by atomic mass is 9.97. The molecule has 124 valence electrons. The average molecular weight is 342 g/mol. The van der Waals surface area contributed by atoms with E-state index in [1.807, 2.05) is 23.1 Å². The standard InChI is InChI=1S/C19H20ClN3O/c20-17-7-3-4-8-18(17)21-19(24)23-12-16(13-23)22-10-9-14-5-1-2-6-15(14)11-22/h1-8,16H,9-13H2,(H,21,24). The zero-order valence-corrected chi connectivity index (χ0v) is 14.2. The van der Waals surface area contributed by atoms with E-state index < -0.39 is 0 Å². The molecule has 4 rings (SSSR count). The Morgan fingerprint density at radius 2 is 1.75 bits per heavy atom. The van der Waals surface area contributed by atoms with Crippen molar-refractivity contribution in [1.29, 1.82) is 0 Å². The summed E-state index contributed by atoms with van der Waals surface area (Å²) >= 11 is 6.09. The van der Waals surface area contributed by atoms with E-state index in [9.17, 15) is 4.79 Å². The monoisotopic (exact) mass is 341 g/mol. The number of hydrogen-bond donors (Lipinski definition) is 1. The van der Waals surface area contributed by atoms with Gasteiger partial charge in [0.1, 0.15) is 0 Å². The zero-order chi connectivity index (χ0) is 16.5. The summed E-state index contributed by atoms with van der Waals surface area (Å²) in [6, 6.07) is 16.3. The second-order valence-corrected chi connectivity index (χ2v) is 6.87. The van der Waals surface area contributed by atoms with Gasteiger partial charge < -0.3 is 10.2 Å². The number of nitrogens with zero attached hydrogens (tertiary/aromatic N) is 2. The van der Waals surface area contributed by atoms with Crippen LogP contribution in [0, 0.1) is 0 Å². The molecule has 2 amide bonds. The fourth-order valence-corrected chi connectivity index (χ4v) is 3.62. The molecule has 0 aliphatic carbocycles. The van der Waals surface area contributed by atoms with E-state index in [2.05, 4.69) is 34.5 Å². The predicted octanol–water partition coefficient (Wildman–Crippen LogP) is 3.61. The molecule has 5 heteroatoms. The van der Waals surface area contributed by atoms with Crippen LogP contribution in [0.1, 0.15) is 11.1 Å². The van der Waals surface area contributed by atoms with Gasteiger partial charge in [-0.2, -0.15) is 0 Å². The van der Waals surface area contributed by atoms with Gasteiger partial charge in [-0.05, 0) is 29.7 Å². The van der Waals surface area contributed by atoms with Gasteiger partial charge in [0.25, 0.3) is 0 Å². The number of likely N-dealkylation sites (tertiary alicyclic amines) is 1. The third-order valence-electron chi connectivity index (χ3n) is 4.94. The van der Waals surface area contributed by atoms with Crippen LogP contribution in [0.5, 0.6) is 0 Å². The highest BCUT2D eigenvalue weighted by atomic mass is 35.5.